The van der Waals surface area contributed by atoms with Gasteiger partial charge in [-0.1, -0.05) is 53.2 Å². The lowest BCUT2D eigenvalue weighted by Crippen LogP contribution is -2.25. The topological polar surface area (TPSA) is 88.9 Å². The fraction of sp³-hybridized carbons (Fsp3) is 0.154. The number of hydrogen-bond acceptors (Lipinski definition) is 5. The molecule has 4 rings (SSSR count). The Bertz CT molecular complexity index is 1630. The molecule has 7 nitrogen and oxygen atoms in total. The van der Waals surface area contributed by atoms with Gasteiger partial charge in [0.2, 0.25) is 5.91 Å². The maximum atomic E-state index is 13.4. The fourth-order valence-electron chi connectivity index (χ4n) is 3.67. The van der Waals surface area contributed by atoms with Gasteiger partial charge < -0.3 is 10.6 Å². The van der Waals surface area contributed by atoms with Crippen molar-refractivity contribution in [3.8, 4) is 5.69 Å². The third-order valence-corrected chi connectivity index (χ3v) is 7.03. The van der Waals surface area contributed by atoms with Crippen molar-refractivity contribution in [2.24, 2.45) is 0 Å². The minimum atomic E-state index is -4.71. The summed E-state index contributed by atoms with van der Waals surface area (Å²) in [5, 5.41) is 12.9. The number of halogens is 8. The molecule has 0 aliphatic heterocycles. The monoisotopic (exact) mass is 647 g/mol. The van der Waals surface area contributed by atoms with Crippen LogP contribution in [0.25, 0.3) is 5.69 Å². The number of rotatable bonds is 8. The number of carbonyl (C=O) groups is 2. The van der Waals surface area contributed by atoms with E-state index < -0.39 is 46.7 Å². The van der Waals surface area contributed by atoms with Crippen molar-refractivity contribution in [2.75, 3.05) is 11.1 Å². The van der Waals surface area contributed by atoms with E-state index in [0.717, 1.165) is 42.1 Å². The summed E-state index contributed by atoms with van der Waals surface area (Å²) in [4.78, 5) is 25.2. The van der Waals surface area contributed by atoms with Crippen LogP contribution in [-0.2, 0) is 23.7 Å². The van der Waals surface area contributed by atoms with Gasteiger partial charge in [0.1, 0.15) is 0 Å². The largest absolute Gasteiger partial charge is 0.418 e. The zero-order chi connectivity index (χ0) is 30.7. The predicted molar refractivity (Wildman–Crippen MR) is 145 cm³/mol. The Labute approximate surface area is 248 Å². The minimum absolute atomic E-state index is 0.00177. The molecule has 0 fully saturated rings. The number of nitrogens with zero attached hydrogens (tertiary/aromatic N) is 3. The molecule has 0 radical (unpaired) electrons. The second-order valence-electron chi connectivity index (χ2n) is 8.47. The number of para-hydroxylation sites is 1. The molecule has 0 atom stereocenters. The molecule has 0 saturated carbocycles. The van der Waals surface area contributed by atoms with E-state index in [-0.39, 0.29) is 33.8 Å². The smallest absolute Gasteiger partial charge is 0.345 e. The van der Waals surface area contributed by atoms with Gasteiger partial charge in [-0.05, 0) is 48.5 Å². The predicted octanol–water partition coefficient (Wildman–Crippen LogP) is 7.27. The molecule has 0 bridgehead atoms. The number of thioether (sulfide) groups is 1. The van der Waals surface area contributed by atoms with Crippen LogP contribution < -0.4 is 10.6 Å². The van der Waals surface area contributed by atoms with Crippen LogP contribution in [0.1, 0.15) is 27.3 Å². The van der Waals surface area contributed by atoms with Crippen LogP contribution >= 0.6 is 35.0 Å². The van der Waals surface area contributed by atoms with Gasteiger partial charge in [-0.25, -0.2) is 0 Å². The van der Waals surface area contributed by atoms with Gasteiger partial charge in [-0.15, -0.1) is 10.2 Å². The number of hydrogen-bond donors (Lipinski definition) is 2. The molecule has 0 aliphatic carbocycles. The summed E-state index contributed by atoms with van der Waals surface area (Å²) >= 11 is 12.6. The van der Waals surface area contributed by atoms with Crippen molar-refractivity contribution in [1.29, 1.82) is 0 Å². The number of nitrogens with one attached hydrogen (secondary N) is 2. The van der Waals surface area contributed by atoms with E-state index in [9.17, 15) is 35.9 Å². The molecule has 3 aromatic carbocycles. The third kappa shape index (κ3) is 7.55. The van der Waals surface area contributed by atoms with Crippen molar-refractivity contribution >= 4 is 52.5 Å². The van der Waals surface area contributed by atoms with Gasteiger partial charge in [-0.3, -0.25) is 14.2 Å². The average molecular weight is 648 g/mol. The van der Waals surface area contributed by atoms with Crippen LogP contribution in [0.2, 0.25) is 10.0 Å². The van der Waals surface area contributed by atoms with Gasteiger partial charge in [0, 0.05) is 5.02 Å². The zero-order valence-electron chi connectivity index (χ0n) is 20.9. The normalized spacial score (nSPS) is 11.8. The molecule has 16 heteroatoms. The molecule has 220 valence electrons. The summed E-state index contributed by atoms with van der Waals surface area (Å²) in [6, 6.07) is 12.8. The van der Waals surface area contributed by atoms with Crippen molar-refractivity contribution in [1.82, 2.24) is 20.1 Å². The van der Waals surface area contributed by atoms with E-state index in [0.29, 0.717) is 5.02 Å². The summed E-state index contributed by atoms with van der Waals surface area (Å²) in [7, 11) is 0. The molecule has 0 spiro atoms. The van der Waals surface area contributed by atoms with Gasteiger partial charge in [0.25, 0.3) is 5.91 Å². The molecule has 0 aliphatic rings. The molecule has 42 heavy (non-hydrogen) atoms. The van der Waals surface area contributed by atoms with Crippen LogP contribution in [0.3, 0.4) is 0 Å². The van der Waals surface area contributed by atoms with E-state index >= 15 is 0 Å². The fourth-order valence-corrected chi connectivity index (χ4v) is 4.94. The quantitative estimate of drug-likeness (QED) is 0.155. The first-order valence-corrected chi connectivity index (χ1v) is 13.4. The Morgan fingerprint density at radius 1 is 0.881 bits per heavy atom. The lowest BCUT2D eigenvalue weighted by atomic mass is 10.1. The first-order chi connectivity index (χ1) is 19.7. The Hall–Kier alpha value is -3.75. The molecule has 2 N–H and O–H groups in total. The molecular formula is C26H17Cl2F6N5O2S. The van der Waals surface area contributed by atoms with E-state index in [2.05, 4.69) is 20.8 Å². The van der Waals surface area contributed by atoms with Crippen LogP contribution in [0.4, 0.5) is 32.0 Å². The average Bonchev–Trinajstić information content (AvgIpc) is 3.32. The van der Waals surface area contributed by atoms with Gasteiger partial charge in [0.15, 0.2) is 11.0 Å². The standard InChI is InChI=1S/C26H17Cl2F6N5O2S/c27-15-8-9-17(19(28)11-15)23(41)35-12-21-37-38-24(39(21)16-5-3-4-14(10-16)25(29,30)31)42-13-22(40)36-20-7-2-1-6-18(20)26(32,33)34/h1-11H,12-13H2,(H,35,41)(H,36,40). The Balaban J connectivity index is 1.59. The summed E-state index contributed by atoms with van der Waals surface area (Å²) in [6.07, 6.45) is -9.39. The highest BCUT2D eigenvalue weighted by molar-refractivity contribution is 7.99. The molecule has 0 saturated heterocycles. The Kier molecular flexibility index (Phi) is 9.38. The first-order valence-electron chi connectivity index (χ1n) is 11.7. The number of alkyl halides is 6. The lowest BCUT2D eigenvalue weighted by molar-refractivity contribution is -0.138. The van der Waals surface area contributed by atoms with Gasteiger partial charge >= 0.3 is 12.4 Å². The lowest BCUT2D eigenvalue weighted by Gasteiger charge is -2.14. The van der Waals surface area contributed by atoms with E-state index in [1.54, 1.807) is 0 Å². The summed E-state index contributed by atoms with van der Waals surface area (Å²) in [6.45, 7) is -0.313. The first kappa shape index (κ1) is 31.2. The van der Waals surface area contributed by atoms with Crippen molar-refractivity contribution < 1.29 is 35.9 Å². The van der Waals surface area contributed by atoms with Crippen LogP contribution in [-0.4, -0.2) is 32.3 Å². The third-order valence-electron chi connectivity index (χ3n) is 5.55. The number of anilines is 1. The summed E-state index contributed by atoms with van der Waals surface area (Å²) < 4.78 is 81.4. The Morgan fingerprint density at radius 2 is 1.62 bits per heavy atom. The number of aromatic nitrogens is 3. The molecular weight excluding hydrogens is 631 g/mol. The molecule has 1 aromatic heterocycles. The summed E-state index contributed by atoms with van der Waals surface area (Å²) in [5.41, 5.74) is -2.44. The van der Waals surface area contributed by atoms with Crippen molar-refractivity contribution in [3.63, 3.8) is 0 Å². The second kappa shape index (κ2) is 12.6. The number of benzene rings is 3. The Morgan fingerprint density at radius 3 is 2.31 bits per heavy atom. The van der Waals surface area contributed by atoms with Crippen LogP contribution in [0, 0.1) is 0 Å². The maximum absolute atomic E-state index is 13.4. The highest BCUT2D eigenvalue weighted by Gasteiger charge is 2.34. The second-order valence-corrected chi connectivity index (χ2v) is 10.3. The molecule has 1 heterocycles. The van der Waals surface area contributed by atoms with Crippen molar-refractivity contribution in [3.05, 3.63) is 99.3 Å². The van der Waals surface area contributed by atoms with E-state index in [4.69, 9.17) is 23.2 Å². The van der Waals surface area contributed by atoms with Gasteiger partial charge in [0.05, 0.1) is 45.4 Å². The van der Waals surface area contributed by atoms with Crippen LogP contribution in [0.5, 0.6) is 0 Å². The molecule has 4 aromatic rings. The highest BCUT2D eigenvalue weighted by atomic mass is 35.5. The molecule has 2 amide bonds. The number of amides is 2. The van der Waals surface area contributed by atoms with E-state index in [1.807, 2.05) is 0 Å². The van der Waals surface area contributed by atoms with Gasteiger partial charge in [-0.2, -0.15) is 26.3 Å². The minimum Gasteiger partial charge on any atom is -0.345 e. The van der Waals surface area contributed by atoms with E-state index in [1.165, 1.54) is 41.0 Å². The van der Waals surface area contributed by atoms with Crippen LogP contribution in [0.15, 0.2) is 71.9 Å². The molecule has 0 unspecified atom stereocenters. The maximum Gasteiger partial charge on any atom is 0.418 e. The van der Waals surface area contributed by atoms with Crippen molar-refractivity contribution in [2.45, 2.75) is 24.1 Å². The highest BCUT2D eigenvalue weighted by Crippen LogP contribution is 2.35. The SMILES string of the molecule is O=C(CSc1nnc(CNC(=O)c2ccc(Cl)cc2Cl)n1-c1cccc(C(F)(F)F)c1)Nc1ccccc1C(F)(F)F. The summed E-state index contributed by atoms with van der Waals surface area (Å²) in [5.74, 6) is -1.93. The zero-order valence-corrected chi connectivity index (χ0v) is 23.2. The number of carbonyl (C=O) groups excluding carboxylic acids is 2.